The number of carbonyl (C=O) groups excluding carboxylic acids is 3. The highest BCUT2D eigenvalue weighted by molar-refractivity contribution is 5.92. The van der Waals surface area contributed by atoms with E-state index in [9.17, 15) is 14.4 Å². The molecular formula is C29H39N3O4. The fourth-order valence-electron chi connectivity index (χ4n) is 3.79. The average Bonchev–Trinajstić information content (AvgIpc) is 2.81. The standard InChI is InChI=1S/C29H39N3O4/c1-7-18-32(27(34)24(19-21(2)3)31-28(35)36-29(4,5)6)25(23-16-12-9-13-17-23)26(33)30-20-22-14-10-8-11-15-22/h7-17,21,24-25H,1,18-20H2,2-6H3,(H,30,33)(H,31,35). The van der Waals surface area contributed by atoms with Gasteiger partial charge in [0.05, 0.1) is 0 Å². The van der Waals surface area contributed by atoms with Gasteiger partial charge < -0.3 is 20.3 Å². The van der Waals surface area contributed by atoms with Gasteiger partial charge in [0.15, 0.2) is 0 Å². The topological polar surface area (TPSA) is 87.7 Å². The first-order chi connectivity index (χ1) is 17.0. The molecule has 0 bridgehead atoms. The Balaban J connectivity index is 2.38. The van der Waals surface area contributed by atoms with Gasteiger partial charge in [-0.2, -0.15) is 0 Å². The number of ether oxygens (including phenoxy) is 1. The summed E-state index contributed by atoms with van der Waals surface area (Å²) < 4.78 is 5.40. The highest BCUT2D eigenvalue weighted by Crippen LogP contribution is 2.24. The van der Waals surface area contributed by atoms with Crippen LogP contribution >= 0.6 is 0 Å². The molecule has 0 fully saturated rings. The lowest BCUT2D eigenvalue weighted by molar-refractivity contribution is -0.142. The third-order valence-corrected chi connectivity index (χ3v) is 5.29. The molecule has 0 aliphatic carbocycles. The molecule has 2 aromatic carbocycles. The van der Waals surface area contributed by atoms with Gasteiger partial charge in [-0.15, -0.1) is 6.58 Å². The van der Waals surface area contributed by atoms with E-state index in [1.807, 2.05) is 74.5 Å². The monoisotopic (exact) mass is 493 g/mol. The lowest BCUT2D eigenvalue weighted by Gasteiger charge is -2.34. The minimum absolute atomic E-state index is 0.113. The van der Waals surface area contributed by atoms with Gasteiger partial charge in [0.25, 0.3) is 0 Å². The van der Waals surface area contributed by atoms with Crippen LogP contribution in [0.15, 0.2) is 73.3 Å². The van der Waals surface area contributed by atoms with Crippen molar-refractivity contribution < 1.29 is 19.1 Å². The molecule has 0 spiro atoms. The van der Waals surface area contributed by atoms with E-state index in [2.05, 4.69) is 17.2 Å². The first-order valence-electron chi connectivity index (χ1n) is 12.3. The van der Waals surface area contributed by atoms with Gasteiger partial charge in [-0.25, -0.2) is 4.79 Å². The Kier molecular flexibility index (Phi) is 10.7. The molecule has 0 aliphatic rings. The maximum atomic E-state index is 13.9. The fourth-order valence-corrected chi connectivity index (χ4v) is 3.79. The molecule has 3 amide bonds. The summed E-state index contributed by atoms with van der Waals surface area (Å²) in [5.41, 5.74) is 0.905. The number of amides is 3. The highest BCUT2D eigenvalue weighted by atomic mass is 16.6. The van der Waals surface area contributed by atoms with Gasteiger partial charge in [0.1, 0.15) is 17.7 Å². The van der Waals surface area contributed by atoms with E-state index in [0.717, 1.165) is 5.56 Å². The van der Waals surface area contributed by atoms with Crippen LogP contribution in [0.3, 0.4) is 0 Å². The molecule has 2 rings (SSSR count). The summed E-state index contributed by atoms with van der Waals surface area (Å²) in [6.45, 7) is 13.5. The van der Waals surface area contributed by atoms with Gasteiger partial charge in [-0.1, -0.05) is 80.6 Å². The van der Waals surface area contributed by atoms with E-state index in [0.29, 0.717) is 18.5 Å². The van der Waals surface area contributed by atoms with Crippen LogP contribution in [0.2, 0.25) is 0 Å². The SMILES string of the molecule is C=CCN(C(=O)C(CC(C)C)NC(=O)OC(C)(C)C)C(C(=O)NCc1ccccc1)c1ccccc1. The smallest absolute Gasteiger partial charge is 0.408 e. The second kappa shape index (κ2) is 13.5. The molecule has 194 valence electrons. The van der Waals surface area contributed by atoms with Crippen LogP contribution in [0.25, 0.3) is 0 Å². The number of rotatable bonds is 11. The molecule has 2 unspecified atom stereocenters. The quantitative estimate of drug-likeness (QED) is 0.431. The van der Waals surface area contributed by atoms with Gasteiger partial charge in [-0.05, 0) is 44.2 Å². The Morgan fingerprint density at radius 2 is 1.58 bits per heavy atom. The minimum Gasteiger partial charge on any atom is -0.444 e. The van der Waals surface area contributed by atoms with Crippen LogP contribution in [0, 0.1) is 5.92 Å². The summed E-state index contributed by atoms with van der Waals surface area (Å²) in [6, 6.07) is 16.9. The predicted molar refractivity (Wildman–Crippen MR) is 142 cm³/mol. The van der Waals surface area contributed by atoms with Crippen molar-refractivity contribution in [3.05, 3.63) is 84.4 Å². The molecule has 36 heavy (non-hydrogen) atoms. The van der Waals surface area contributed by atoms with Crippen LogP contribution in [-0.4, -0.2) is 41.0 Å². The number of hydrogen-bond acceptors (Lipinski definition) is 4. The van der Waals surface area contributed by atoms with Crippen molar-refractivity contribution in [1.29, 1.82) is 0 Å². The molecule has 2 aromatic rings. The summed E-state index contributed by atoms with van der Waals surface area (Å²) in [5, 5.41) is 5.69. The van der Waals surface area contributed by atoms with Crippen molar-refractivity contribution in [3.8, 4) is 0 Å². The summed E-state index contributed by atoms with van der Waals surface area (Å²) >= 11 is 0. The number of nitrogens with one attached hydrogen (secondary N) is 2. The average molecular weight is 494 g/mol. The molecule has 7 nitrogen and oxygen atoms in total. The number of carbonyl (C=O) groups is 3. The van der Waals surface area contributed by atoms with Crippen molar-refractivity contribution >= 4 is 17.9 Å². The molecule has 0 aromatic heterocycles. The maximum Gasteiger partial charge on any atom is 0.408 e. The molecule has 0 heterocycles. The first-order valence-corrected chi connectivity index (χ1v) is 12.3. The Bertz CT molecular complexity index is 1000. The summed E-state index contributed by atoms with van der Waals surface area (Å²) in [4.78, 5) is 41.5. The maximum absolute atomic E-state index is 13.9. The second-order valence-corrected chi connectivity index (χ2v) is 10.1. The second-order valence-electron chi connectivity index (χ2n) is 10.1. The third-order valence-electron chi connectivity index (χ3n) is 5.29. The van der Waals surface area contributed by atoms with Gasteiger partial charge in [0, 0.05) is 13.1 Å². The number of alkyl carbamates (subject to hydrolysis) is 1. The van der Waals surface area contributed by atoms with Crippen molar-refractivity contribution in [3.63, 3.8) is 0 Å². The summed E-state index contributed by atoms with van der Waals surface area (Å²) in [7, 11) is 0. The predicted octanol–water partition coefficient (Wildman–Crippen LogP) is 5.00. The van der Waals surface area contributed by atoms with Crippen LogP contribution in [0.4, 0.5) is 4.79 Å². The lowest BCUT2D eigenvalue weighted by Crippen LogP contribution is -2.53. The molecule has 7 heteroatoms. The van der Waals surface area contributed by atoms with E-state index in [-0.39, 0.29) is 24.3 Å². The summed E-state index contributed by atoms with van der Waals surface area (Å²) in [5.74, 6) is -0.583. The van der Waals surface area contributed by atoms with E-state index in [1.54, 1.807) is 26.8 Å². The Morgan fingerprint density at radius 3 is 2.11 bits per heavy atom. The Labute approximate surface area is 214 Å². The Morgan fingerprint density at radius 1 is 1.00 bits per heavy atom. The highest BCUT2D eigenvalue weighted by Gasteiger charge is 2.35. The zero-order chi connectivity index (χ0) is 26.7. The van der Waals surface area contributed by atoms with Crippen molar-refractivity contribution in [2.45, 2.75) is 65.3 Å². The van der Waals surface area contributed by atoms with Gasteiger partial charge in [0.2, 0.25) is 11.8 Å². The molecule has 0 saturated carbocycles. The van der Waals surface area contributed by atoms with Crippen LogP contribution in [-0.2, 0) is 20.9 Å². The van der Waals surface area contributed by atoms with Crippen molar-refractivity contribution in [2.75, 3.05) is 6.54 Å². The van der Waals surface area contributed by atoms with Crippen LogP contribution in [0.1, 0.15) is 58.2 Å². The molecule has 2 N–H and O–H groups in total. The zero-order valence-electron chi connectivity index (χ0n) is 22.0. The normalized spacial score (nSPS) is 12.8. The largest absolute Gasteiger partial charge is 0.444 e. The first kappa shape index (κ1) is 28.6. The van der Waals surface area contributed by atoms with Gasteiger partial charge >= 0.3 is 6.09 Å². The number of nitrogens with zero attached hydrogens (tertiary/aromatic N) is 1. The van der Waals surface area contributed by atoms with Crippen molar-refractivity contribution in [1.82, 2.24) is 15.5 Å². The van der Waals surface area contributed by atoms with Crippen LogP contribution in [0.5, 0.6) is 0 Å². The molecule has 2 atom stereocenters. The summed E-state index contributed by atoms with van der Waals surface area (Å²) in [6.07, 6.45) is 1.29. The fraction of sp³-hybridized carbons (Fsp3) is 0.414. The lowest BCUT2D eigenvalue weighted by atomic mass is 9.99. The molecule has 0 radical (unpaired) electrons. The van der Waals surface area contributed by atoms with Crippen molar-refractivity contribution in [2.24, 2.45) is 5.92 Å². The van der Waals surface area contributed by atoms with E-state index in [1.165, 1.54) is 4.90 Å². The molecule has 0 saturated heterocycles. The van der Waals surface area contributed by atoms with Crippen LogP contribution < -0.4 is 10.6 Å². The van der Waals surface area contributed by atoms with E-state index < -0.39 is 23.8 Å². The van der Waals surface area contributed by atoms with E-state index in [4.69, 9.17) is 4.74 Å². The number of benzene rings is 2. The zero-order valence-corrected chi connectivity index (χ0v) is 22.0. The van der Waals surface area contributed by atoms with Gasteiger partial charge in [-0.3, -0.25) is 9.59 Å². The Hall–Kier alpha value is -3.61. The van der Waals surface area contributed by atoms with E-state index >= 15 is 0 Å². The molecular weight excluding hydrogens is 454 g/mol. The minimum atomic E-state index is -0.907. The number of hydrogen-bond donors (Lipinski definition) is 2. The third kappa shape index (κ3) is 9.21. The molecule has 0 aliphatic heterocycles.